The summed E-state index contributed by atoms with van der Waals surface area (Å²) in [6.07, 6.45) is -4.69. The second-order valence-electron chi connectivity index (χ2n) is 2.91. The van der Waals surface area contributed by atoms with Crippen LogP contribution >= 0.6 is 27.5 Å². The lowest BCUT2D eigenvalue weighted by Gasteiger charge is -2.12. The first-order valence-corrected chi connectivity index (χ1v) is 5.29. The zero-order chi connectivity index (χ0) is 12.5. The molecule has 1 aromatic carbocycles. The molecule has 1 rings (SSSR count). The summed E-state index contributed by atoms with van der Waals surface area (Å²) in [6, 6.07) is 1.73. The zero-order valence-corrected chi connectivity index (χ0v) is 9.95. The fraction of sp³-hybridized carbons (Fsp3) is 0.222. The van der Waals surface area contributed by atoms with E-state index >= 15 is 0 Å². The first-order valence-electron chi connectivity index (χ1n) is 3.96. The molecule has 0 saturated heterocycles. The molecule has 0 aliphatic carbocycles. The molecule has 0 aromatic heterocycles. The van der Waals surface area contributed by atoms with Crippen molar-refractivity contribution in [2.75, 3.05) is 5.88 Å². The summed E-state index contributed by atoms with van der Waals surface area (Å²) in [5.74, 6) is -1.93. The van der Waals surface area contributed by atoms with Crippen LogP contribution in [0.15, 0.2) is 16.6 Å². The van der Waals surface area contributed by atoms with E-state index in [1.54, 1.807) is 0 Å². The van der Waals surface area contributed by atoms with E-state index in [1.807, 2.05) is 0 Å². The Morgan fingerprint density at radius 1 is 1.44 bits per heavy atom. The number of phenolic OH excluding ortho intramolecular Hbond substituents is 1. The third-order valence-corrected chi connectivity index (χ3v) is 2.66. The molecule has 0 saturated carbocycles. The van der Waals surface area contributed by atoms with Gasteiger partial charge in [-0.3, -0.25) is 4.79 Å². The highest BCUT2D eigenvalue weighted by molar-refractivity contribution is 9.10. The van der Waals surface area contributed by atoms with Crippen LogP contribution in [0.4, 0.5) is 13.2 Å². The van der Waals surface area contributed by atoms with E-state index < -0.39 is 27.7 Å². The van der Waals surface area contributed by atoms with E-state index in [0.29, 0.717) is 0 Å². The summed E-state index contributed by atoms with van der Waals surface area (Å²) in [4.78, 5) is 11.1. The van der Waals surface area contributed by atoms with Gasteiger partial charge in [0, 0.05) is 10.0 Å². The van der Waals surface area contributed by atoms with Crippen molar-refractivity contribution in [2.24, 2.45) is 0 Å². The van der Waals surface area contributed by atoms with Crippen molar-refractivity contribution in [1.82, 2.24) is 0 Å². The van der Waals surface area contributed by atoms with Gasteiger partial charge in [-0.15, -0.1) is 11.6 Å². The average Bonchev–Trinajstić information content (AvgIpc) is 2.13. The second-order valence-corrected chi connectivity index (χ2v) is 4.03. The Kier molecular flexibility index (Phi) is 3.85. The van der Waals surface area contributed by atoms with Crippen molar-refractivity contribution in [3.05, 3.63) is 27.7 Å². The third kappa shape index (κ3) is 2.68. The lowest BCUT2D eigenvalue weighted by atomic mass is 10.1. The molecule has 0 aliphatic rings. The molecule has 1 N–H and O–H groups in total. The Morgan fingerprint density at radius 3 is 2.38 bits per heavy atom. The minimum absolute atomic E-state index is 0.0765. The maximum absolute atomic E-state index is 12.4. The normalized spacial score (nSPS) is 11.6. The van der Waals surface area contributed by atoms with Gasteiger partial charge in [-0.05, 0) is 12.1 Å². The van der Waals surface area contributed by atoms with E-state index in [-0.39, 0.29) is 11.4 Å². The molecule has 16 heavy (non-hydrogen) atoms. The van der Waals surface area contributed by atoms with Crippen molar-refractivity contribution < 1.29 is 23.1 Å². The molecule has 0 bridgehead atoms. The minimum atomic E-state index is -4.69. The quantitative estimate of drug-likeness (QED) is 0.668. The molecule has 0 radical (unpaired) electrons. The Labute approximate surface area is 102 Å². The largest absolute Gasteiger partial charge is 0.507 e. The number of hydrogen-bond donors (Lipinski definition) is 1. The van der Waals surface area contributed by atoms with Crippen LogP contribution in [0.2, 0.25) is 0 Å². The highest BCUT2D eigenvalue weighted by atomic mass is 79.9. The van der Waals surface area contributed by atoms with E-state index in [9.17, 15) is 23.1 Å². The molecule has 88 valence electrons. The lowest BCUT2D eigenvalue weighted by Crippen LogP contribution is -2.09. The molecular formula is C9H5BrClF3O2. The van der Waals surface area contributed by atoms with Gasteiger partial charge in [0.15, 0.2) is 5.78 Å². The highest BCUT2D eigenvalue weighted by Gasteiger charge is 2.36. The van der Waals surface area contributed by atoms with Crippen molar-refractivity contribution in [2.45, 2.75) is 6.18 Å². The van der Waals surface area contributed by atoms with Gasteiger partial charge in [-0.25, -0.2) is 0 Å². The van der Waals surface area contributed by atoms with E-state index in [1.165, 1.54) is 0 Å². The van der Waals surface area contributed by atoms with Crippen LogP contribution in [0.1, 0.15) is 15.9 Å². The summed E-state index contributed by atoms with van der Waals surface area (Å²) < 4.78 is 36.9. The highest BCUT2D eigenvalue weighted by Crippen LogP contribution is 2.41. The molecule has 7 heteroatoms. The van der Waals surface area contributed by atoms with Gasteiger partial charge in [-0.1, -0.05) is 15.9 Å². The van der Waals surface area contributed by atoms with Crippen LogP contribution in [0.25, 0.3) is 0 Å². The smallest absolute Gasteiger partial charge is 0.421 e. The fourth-order valence-corrected chi connectivity index (χ4v) is 1.94. The maximum atomic E-state index is 12.4. The van der Waals surface area contributed by atoms with Crippen LogP contribution in [0.3, 0.4) is 0 Å². The summed E-state index contributed by atoms with van der Waals surface area (Å²) in [5, 5.41) is 9.21. The Balaban J connectivity index is 3.34. The molecule has 0 fully saturated rings. The van der Waals surface area contributed by atoms with Crippen molar-refractivity contribution in [1.29, 1.82) is 0 Å². The van der Waals surface area contributed by atoms with E-state index in [4.69, 9.17) is 11.6 Å². The molecule has 2 nitrogen and oxygen atoms in total. The van der Waals surface area contributed by atoms with Gasteiger partial charge >= 0.3 is 6.18 Å². The number of phenols is 1. The van der Waals surface area contributed by atoms with Gasteiger partial charge < -0.3 is 5.11 Å². The molecule has 0 spiro atoms. The van der Waals surface area contributed by atoms with Crippen LogP contribution in [0, 0.1) is 0 Å². The third-order valence-electron chi connectivity index (χ3n) is 1.80. The molecule has 1 aromatic rings. The fourth-order valence-electron chi connectivity index (χ4n) is 1.11. The summed E-state index contributed by atoms with van der Waals surface area (Å²) in [6.45, 7) is 0. The number of Topliss-reactive ketones (excluding diaryl/α,β-unsaturated/α-hetero) is 1. The summed E-state index contributed by atoms with van der Waals surface area (Å²) >= 11 is 7.91. The maximum Gasteiger partial charge on any atom is 0.421 e. The first-order chi connectivity index (χ1) is 7.27. The number of carbonyl (C=O) groups excluding carboxylic acids is 1. The minimum Gasteiger partial charge on any atom is -0.507 e. The SMILES string of the molecule is O=C(CCl)c1cc(O)c(C(F)(F)F)c(Br)c1. The van der Waals surface area contributed by atoms with Gasteiger partial charge in [-0.2, -0.15) is 13.2 Å². The topological polar surface area (TPSA) is 37.3 Å². The molecule has 0 atom stereocenters. The molecule has 0 unspecified atom stereocenters. The van der Waals surface area contributed by atoms with Gasteiger partial charge in [0.1, 0.15) is 11.3 Å². The number of benzene rings is 1. The van der Waals surface area contributed by atoms with Crippen LogP contribution in [0.5, 0.6) is 5.75 Å². The summed E-state index contributed by atoms with van der Waals surface area (Å²) in [5.41, 5.74) is -1.29. The zero-order valence-electron chi connectivity index (χ0n) is 7.61. The second kappa shape index (κ2) is 4.63. The van der Waals surface area contributed by atoms with Gasteiger partial charge in [0.25, 0.3) is 0 Å². The lowest BCUT2D eigenvalue weighted by molar-refractivity contribution is -0.139. The number of aromatic hydroxyl groups is 1. The standard InChI is InChI=1S/C9H5BrClF3O2/c10-5-1-4(7(16)3-11)2-6(15)8(5)9(12,13)14/h1-2,15H,3H2. The monoisotopic (exact) mass is 316 g/mol. The first kappa shape index (κ1) is 13.3. The van der Waals surface area contributed by atoms with Crippen molar-refractivity contribution >= 4 is 33.3 Å². The van der Waals surface area contributed by atoms with Gasteiger partial charge in [0.2, 0.25) is 0 Å². The summed E-state index contributed by atoms with van der Waals surface area (Å²) in [7, 11) is 0. The number of ketones is 1. The average molecular weight is 317 g/mol. The number of carbonyl (C=O) groups is 1. The van der Waals surface area contributed by atoms with Gasteiger partial charge in [0.05, 0.1) is 5.88 Å². The number of halogens is 5. The van der Waals surface area contributed by atoms with Crippen LogP contribution < -0.4 is 0 Å². The van der Waals surface area contributed by atoms with Crippen molar-refractivity contribution in [3.8, 4) is 5.75 Å². The Bertz CT molecular complexity index is 408. The van der Waals surface area contributed by atoms with E-state index in [0.717, 1.165) is 12.1 Å². The van der Waals surface area contributed by atoms with Crippen molar-refractivity contribution in [3.63, 3.8) is 0 Å². The van der Waals surface area contributed by atoms with Crippen LogP contribution in [-0.2, 0) is 6.18 Å². The van der Waals surface area contributed by atoms with E-state index in [2.05, 4.69) is 15.9 Å². The predicted molar refractivity (Wildman–Crippen MR) is 55.9 cm³/mol. The Hall–Kier alpha value is -0.750. The van der Waals surface area contributed by atoms with Crippen LogP contribution in [-0.4, -0.2) is 16.8 Å². The number of hydrogen-bond acceptors (Lipinski definition) is 2. The molecule has 0 amide bonds. The Morgan fingerprint density at radius 2 is 2.00 bits per heavy atom. The predicted octanol–water partition coefficient (Wildman–Crippen LogP) is 3.59. The molecule has 0 heterocycles. The molecular weight excluding hydrogens is 312 g/mol. The molecule has 0 aliphatic heterocycles. The number of alkyl halides is 4. The number of rotatable bonds is 2.